The van der Waals surface area contributed by atoms with Crippen molar-refractivity contribution < 1.29 is 9.53 Å². The summed E-state index contributed by atoms with van der Waals surface area (Å²) in [5.41, 5.74) is 4.42. The molecule has 152 valence electrons. The summed E-state index contributed by atoms with van der Waals surface area (Å²) in [6.07, 6.45) is 0. The summed E-state index contributed by atoms with van der Waals surface area (Å²) >= 11 is 6.19. The molecule has 4 rings (SSSR count). The fourth-order valence-corrected chi connectivity index (χ4v) is 3.72. The zero-order valence-corrected chi connectivity index (χ0v) is 17.7. The maximum atomic E-state index is 13.1. The van der Waals surface area contributed by atoms with Crippen molar-refractivity contribution in [3.8, 4) is 5.75 Å². The van der Waals surface area contributed by atoms with Gasteiger partial charge in [0.1, 0.15) is 5.75 Å². The number of aryl methyl sites for hydroxylation is 2. The average Bonchev–Trinajstić information content (AvgIpc) is 3.03. The van der Waals surface area contributed by atoms with E-state index in [4.69, 9.17) is 16.3 Å². The highest BCUT2D eigenvalue weighted by atomic mass is 35.5. The summed E-state index contributed by atoms with van der Waals surface area (Å²) in [6.45, 7) is 4.34. The molecule has 2 heterocycles. The highest BCUT2D eigenvalue weighted by Crippen LogP contribution is 2.28. The summed E-state index contributed by atoms with van der Waals surface area (Å²) in [5.74, 6) is 0.309. The van der Waals surface area contributed by atoms with Crippen LogP contribution in [-0.2, 0) is 6.54 Å². The van der Waals surface area contributed by atoms with Gasteiger partial charge in [-0.3, -0.25) is 4.79 Å². The average molecular weight is 421 g/mol. The molecule has 0 radical (unpaired) electrons. The fourth-order valence-electron chi connectivity index (χ4n) is 3.47. The number of amides is 1. The van der Waals surface area contributed by atoms with Crippen LogP contribution in [0, 0.1) is 13.8 Å². The van der Waals surface area contributed by atoms with Gasteiger partial charge in [-0.05, 0) is 43.7 Å². The van der Waals surface area contributed by atoms with Gasteiger partial charge < -0.3 is 10.1 Å². The normalized spacial score (nSPS) is 10.9. The number of ether oxygens (including phenoxy) is 1. The van der Waals surface area contributed by atoms with Crippen LogP contribution in [-0.4, -0.2) is 27.8 Å². The maximum absolute atomic E-state index is 13.1. The van der Waals surface area contributed by atoms with E-state index >= 15 is 0 Å². The molecule has 0 bridgehead atoms. The number of anilines is 1. The fraction of sp³-hybridized carbons (Fsp3) is 0.174. The number of hydrogen-bond acceptors (Lipinski definition) is 4. The van der Waals surface area contributed by atoms with Crippen molar-refractivity contribution >= 4 is 34.2 Å². The SMILES string of the molecule is COc1ccc(NC(=O)c2cc(C)nc3c2c(C)nn3Cc2ccccc2)cc1Cl. The van der Waals surface area contributed by atoms with Crippen LogP contribution >= 0.6 is 11.6 Å². The first-order valence-corrected chi connectivity index (χ1v) is 9.87. The van der Waals surface area contributed by atoms with Gasteiger partial charge in [0.05, 0.1) is 35.3 Å². The Bertz CT molecular complexity index is 1240. The van der Waals surface area contributed by atoms with E-state index in [-0.39, 0.29) is 5.91 Å². The van der Waals surface area contributed by atoms with Crippen molar-refractivity contribution in [2.75, 3.05) is 12.4 Å². The third-order valence-corrected chi connectivity index (χ3v) is 5.13. The van der Waals surface area contributed by atoms with E-state index in [0.717, 1.165) is 22.3 Å². The van der Waals surface area contributed by atoms with E-state index in [1.54, 1.807) is 31.4 Å². The van der Waals surface area contributed by atoms with E-state index in [2.05, 4.69) is 15.4 Å². The van der Waals surface area contributed by atoms with Crippen LogP contribution in [0.5, 0.6) is 5.75 Å². The lowest BCUT2D eigenvalue weighted by molar-refractivity contribution is 0.102. The Morgan fingerprint density at radius 3 is 2.60 bits per heavy atom. The molecule has 2 aromatic carbocycles. The van der Waals surface area contributed by atoms with Gasteiger partial charge in [0.25, 0.3) is 5.91 Å². The zero-order valence-electron chi connectivity index (χ0n) is 16.9. The zero-order chi connectivity index (χ0) is 21.3. The Labute approximate surface area is 179 Å². The summed E-state index contributed by atoms with van der Waals surface area (Å²) in [7, 11) is 1.55. The van der Waals surface area contributed by atoms with E-state index in [1.807, 2.05) is 48.9 Å². The van der Waals surface area contributed by atoms with E-state index < -0.39 is 0 Å². The number of methoxy groups -OCH3 is 1. The van der Waals surface area contributed by atoms with Crippen LogP contribution in [0.1, 0.15) is 27.3 Å². The van der Waals surface area contributed by atoms with Crippen LogP contribution < -0.4 is 10.1 Å². The smallest absolute Gasteiger partial charge is 0.256 e. The van der Waals surface area contributed by atoms with Crippen LogP contribution in [0.15, 0.2) is 54.6 Å². The number of carbonyl (C=O) groups is 1. The quantitative estimate of drug-likeness (QED) is 0.492. The van der Waals surface area contributed by atoms with Gasteiger partial charge in [-0.2, -0.15) is 5.10 Å². The van der Waals surface area contributed by atoms with Gasteiger partial charge in [0, 0.05) is 11.4 Å². The molecule has 1 amide bonds. The molecular weight excluding hydrogens is 400 g/mol. The number of hydrogen-bond donors (Lipinski definition) is 1. The third kappa shape index (κ3) is 3.86. The monoisotopic (exact) mass is 420 g/mol. The van der Waals surface area contributed by atoms with Crippen molar-refractivity contribution in [3.05, 3.63) is 82.1 Å². The number of benzene rings is 2. The van der Waals surface area contributed by atoms with Gasteiger partial charge in [-0.1, -0.05) is 41.9 Å². The topological polar surface area (TPSA) is 69.0 Å². The molecular formula is C23H21ClN4O2. The second-order valence-corrected chi connectivity index (χ2v) is 7.45. The molecule has 0 aliphatic rings. The summed E-state index contributed by atoms with van der Waals surface area (Å²) in [5, 5.41) is 8.73. The number of nitrogens with one attached hydrogen (secondary N) is 1. The van der Waals surface area contributed by atoms with Crippen molar-refractivity contribution in [2.24, 2.45) is 0 Å². The predicted molar refractivity (Wildman–Crippen MR) is 119 cm³/mol. The molecule has 2 aromatic heterocycles. The molecule has 0 unspecified atom stereocenters. The molecule has 0 spiro atoms. The lowest BCUT2D eigenvalue weighted by atomic mass is 10.1. The first-order chi connectivity index (χ1) is 14.5. The number of nitrogens with zero attached hydrogens (tertiary/aromatic N) is 3. The second kappa shape index (κ2) is 8.16. The minimum absolute atomic E-state index is 0.242. The first-order valence-electron chi connectivity index (χ1n) is 9.50. The first kappa shape index (κ1) is 19.9. The van der Waals surface area contributed by atoms with Crippen LogP contribution in [0.4, 0.5) is 5.69 Å². The molecule has 7 heteroatoms. The van der Waals surface area contributed by atoms with Gasteiger partial charge >= 0.3 is 0 Å². The summed E-state index contributed by atoms with van der Waals surface area (Å²) in [6, 6.07) is 17.0. The van der Waals surface area contributed by atoms with Crippen molar-refractivity contribution in [1.82, 2.24) is 14.8 Å². The van der Waals surface area contributed by atoms with Crippen molar-refractivity contribution in [3.63, 3.8) is 0 Å². The van der Waals surface area contributed by atoms with E-state index in [0.29, 0.717) is 34.2 Å². The van der Waals surface area contributed by atoms with Gasteiger partial charge in [0.15, 0.2) is 5.65 Å². The summed E-state index contributed by atoms with van der Waals surface area (Å²) < 4.78 is 7.01. The van der Waals surface area contributed by atoms with Crippen LogP contribution in [0.25, 0.3) is 11.0 Å². The standard InChI is InChI=1S/C23H21ClN4O2/c1-14-11-18(23(29)26-17-9-10-20(30-3)19(24)12-17)21-15(2)27-28(22(21)25-14)13-16-7-5-4-6-8-16/h4-12H,13H2,1-3H3,(H,26,29). The predicted octanol–water partition coefficient (Wildman–Crippen LogP) is 5.01. The van der Waals surface area contributed by atoms with Crippen molar-refractivity contribution in [2.45, 2.75) is 20.4 Å². The van der Waals surface area contributed by atoms with Gasteiger partial charge in [-0.15, -0.1) is 0 Å². The minimum Gasteiger partial charge on any atom is -0.495 e. The third-order valence-electron chi connectivity index (χ3n) is 4.83. The van der Waals surface area contributed by atoms with E-state index in [1.165, 1.54) is 0 Å². The lowest BCUT2D eigenvalue weighted by Gasteiger charge is -2.10. The molecule has 0 aliphatic carbocycles. The molecule has 0 fully saturated rings. The van der Waals surface area contributed by atoms with E-state index in [9.17, 15) is 4.79 Å². The molecule has 0 atom stereocenters. The Morgan fingerprint density at radius 1 is 1.13 bits per heavy atom. The minimum atomic E-state index is -0.242. The Balaban J connectivity index is 1.72. The Kier molecular flexibility index (Phi) is 5.42. The van der Waals surface area contributed by atoms with Gasteiger partial charge in [0.2, 0.25) is 0 Å². The number of aromatic nitrogens is 3. The molecule has 30 heavy (non-hydrogen) atoms. The molecule has 0 saturated carbocycles. The molecule has 0 saturated heterocycles. The molecule has 6 nitrogen and oxygen atoms in total. The lowest BCUT2D eigenvalue weighted by Crippen LogP contribution is -2.13. The molecule has 4 aromatic rings. The van der Waals surface area contributed by atoms with Crippen LogP contribution in [0.2, 0.25) is 5.02 Å². The molecule has 1 N–H and O–H groups in total. The maximum Gasteiger partial charge on any atom is 0.256 e. The highest BCUT2D eigenvalue weighted by molar-refractivity contribution is 6.32. The molecule has 0 aliphatic heterocycles. The largest absolute Gasteiger partial charge is 0.495 e. The van der Waals surface area contributed by atoms with Crippen LogP contribution in [0.3, 0.4) is 0 Å². The Hall–Kier alpha value is -3.38. The van der Waals surface area contributed by atoms with Crippen molar-refractivity contribution in [1.29, 1.82) is 0 Å². The Morgan fingerprint density at radius 2 is 1.90 bits per heavy atom. The number of fused-ring (bicyclic) bond motifs is 1. The van der Waals surface area contributed by atoms with Gasteiger partial charge in [-0.25, -0.2) is 9.67 Å². The second-order valence-electron chi connectivity index (χ2n) is 7.04. The number of carbonyl (C=O) groups excluding carboxylic acids is 1. The number of rotatable bonds is 5. The number of pyridine rings is 1. The summed E-state index contributed by atoms with van der Waals surface area (Å²) in [4.78, 5) is 17.8. The highest BCUT2D eigenvalue weighted by Gasteiger charge is 2.19. The number of halogens is 1.